The number of aromatic nitrogens is 3. The van der Waals surface area contributed by atoms with Gasteiger partial charge in [-0.3, -0.25) is 0 Å². The third-order valence-electron chi connectivity index (χ3n) is 6.68. The van der Waals surface area contributed by atoms with E-state index in [2.05, 4.69) is 25.4 Å². The fourth-order valence-electron chi connectivity index (χ4n) is 4.57. The number of hydrogen-bond donors (Lipinski definition) is 3. The maximum absolute atomic E-state index is 15.2. The van der Waals surface area contributed by atoms with Gasteiger partial charge < -0.3 is 25.8 Å². The number of halogens is 3. The van der Waals surface area contributed by atoms with E-state index in [1.807, 2.05) is 6.07 Å². The molecular weight excluding hydrogens is 461 g/mol. The van der Waals surface area contributed by atoms with Crippen molar-refractivity contribution in [2.45, 2.75) is 57.1 Å². The zero-order valence-electron chi connectivity index (χ0n) is 19.6. The predicted octanol–water partition coefficient (Wildman–Crippen LogP) is 3.38. The number of fused-ring (bicyclic) bond motifs is 3. The van der Waals surface area contributed by atoms with Crippen LogP contribution in [0.3, 0.4) is 0 Å². The lowest BCUT2D eigenvalue weighted by atomic mass is 9.91. The number of benzene rings is 1. The topological polar surface area (TPSA) is 109 Å². The first kappa shape index (κ1) is 23.7. The molecule has 2 bridgehead atoms. The van der Waals surface area contributed by atoms with Crippen LogP contribution in [0.15, 0.2) is 30.5 Å². The molecule has 4 N–H and O–H groups in total. The van der Waals surface area contributed by atoms with E-state index in [0.29, 0.717) is 11.1 Å². The first-order valence-electron chi connectivity index (χ1n) is 11.4. The highest BCUT2D eigenvalue weighted by atomic mass is 19.3. The van der Waals surface area contributed by atoms with Crippen molar-refractivity contribution in [2.75, 3.05) is 23.3 Å². The monoisotopic (exact) mass is 488 g/mol. The number of piperidine rings is 1. The number of anilines is 2. The van der Waals surface area contributed by atoms with Crippen LogP contribution < -0.4 is 16.0 Å². The maximum atomic E-state index is 15.2. The van der Waals surface area contributed by atoms with Gasteiger partial charge in [0.2, 0.25) is 0 Å². The smallest absolute Gasteiger partial charge is 0.303 e. The summed E-state index contributed by atoms with van der Waals surface area (Å²) in [6.45, 7) is 5.13. The molecule has 3 fully saturated rings. The number of nitrogens with zero attached hydrogens (tertiary/aromatic N) is 4. The Hall–Kier alpha value is -3.02. The summed E-state index contributed by atoms with van der Waals surface area (Å²) in [5, 5.41) is 22.6. The molecule has 35 heavy (non-hydrogen) atoms. The van der Waals surface area contributed by atoms with Gasteiger partial charge in [-0.2, -0.15) is 13.9 Å². The Kier molecular flexibility index (Phi) is 5.61. The van der Waals surface area contributed by atoms with Gasteiger partial charge in [0.1, 0.15) is 23.4 Å². The second-order valence-electron chi connectivity index (χ2n) is 9.71. The van der Waals surface area contributed by atoms with Crippen molar-refractivity contribution in [3.05, 3.63) is 53.1 Å². The summed E-state index contributed by atoms with van der Waals surface area (Å²) in [5.74, 6) is -4.00. The van der Waals surface area contributed by atoms with Gasteiger partial charge >= 0.3 is 5.92 Å². The first-order chi connectivity index (χ1) is 16.5. The van der Waals surface area contributed by atoms with Crippen LogP contribution in [0.2, 0.25) is 0 Å². The highest BCUT2D eigenvalue weighted by Gasteiger charge is 2.49. The lowest BCUT2D eigenvalue weighted by Gasteiger charge is -2.47. The number of aryl methyl sites for hydroxylation is 1. The molecule has 8 nitrogen and oxygen atoms in total. The van der Waals surface area contributed by atoms with Crippen molar-refractivity contribution in [1.29, 1.82) is 0 Å². The average molecular weight is 489 g/mol. The first-order valence-corrected chi connectivity index (χ1v) is 11.4. The van der Waals surface area contributed by atoms with Crippen LogP contribution in [0.4, 0.5) is 24.8 Å². The molecule has 0 radical (unpaired) electrons. The van der Waals surface area contributed by atoms with E-state index in [1.54, 1.807) is 13.1 Å². The number of morpholine rings is 1. The highest BCUT2D eigenvalue weighted by molar-refractivity contribution is 5.94. The molecule has 186 valence electrons. The van der Waals surface area contributed by atoms with Gasteiger partial charge in [0, 0.05) is 42.0 Å². The SMILES string of the molecule is Cc1nnc(N[C@H](N)c2cccc(C(F)(F)C(C)(C)O)c2F)c2cc(N3CC4CC(C3)O4)ncc12. The molecule has 3 atom stereocenters. The number of nitrogens with one attached hydrogen (secondary N) is 1. The van der Waals surface area contributed by atoms with Crippen molar-refractivity contribution in [1.82, 2.24) is 15.2 Å². The van der Waals surface area contributed by atoms with E-state index in [0.717, 1.165) is 50.6 Å². The summed E-state index contributed by atoms with van der Waals surface area (Å²) in [5.41, 5.74) is 3.28. The standard InChI is InChI=1S/C24H27F3N6O2/c1-12-17-9-29-19(33-10-13-7-14(11-33)35-13)8-16(17)22(32-31-12)30-21(28)15-5-4-6-18(20(15)25)24(26,27)23(2,3)34/h4-6,8-9,13-14,21,34H,7,10-11,28H2,1-3H3,(H,30,32)/t13?,14?,21-/m0/s1. The Morgan fingerprint density at radius 2 is 1.89 bits per heavy atom. The number of alkyl halides is 2. The molecule has 1 aromatic carbocycles. The molecule has 0 saturated carbocycles. The molecule has 2 aromatic heterocycles. The number of pyridine rings is 1. The van der Waals surface area contributed by atoms with Crippen molar-refractivity contribution in [3.8, 4) is 0 Å². The predicted molar refractivity (Wildman–Crippen MR) is 125 cm³/mol. The summed E-state index contributed by atoms with van der Waals surface area (Å²) in [4.78, 5) is 6.72. The van der Waals surface area contributed by atoms with E-state index in [4.69, 9.17) is 10.5 Å². The second kappa shape index (κ2) is 8.28. The highest BCUT2D eigenvalue weighted by Crippen LogP contribution is 2.41. The minimum Gasteiger partial charge on any atom is -0.384 e. The number of rotatable bonds is 6. The summed E-state index contributed by atoms with van der Waals surface area (Å²) in [6, 6.07) is 5.40. The maximum Gasteiger partial charge on any atom is 0.303 e. The van der Waals surface area contributed by atoms with E-state index in [-0.39, 0.29) is 23.6 Å². The average Bonchev–Trinajstić information content (AvgIpc) is 2.79. The van der Waals surface area contributed by atoms with E-state index in [1.165, 1.54) is 12.1 Å². The molecule has 5 heterocycles. The molecule has 3 aliphatic rings. The van der Waals surface area contributed by atoms with Gasteiger partial charge in [0.05, 0.1) is 23.5 Å². The van der Waals surface area contributed by atoms with E-state index >= 15 is 4.39 Å². The summed E-state index contributed by atoms with van der Waals surface area (Å²) in [6.07, 6.45) is 1.95. The van der Waals surface area contributed by atoms with Gasteiger partial charge in [-0.25, -0.2) is 9.37 Å². The normalized spacial score (nSPS) is 21.1. The molecule has 3 saturated heterocycles. The molecule has 11 heteroatoms. The van der Waals surface area contributed by atoms with Gasteiger partial charge in [-0.1, -0.05) is 12.1 Å². The van der Waals surface area contributed by atoms with Crippen LogP contribution >= 0.6 is 0 Å². The Labute approximate surface area is 200 Å². The Morgan fingerprint density at radius 3 is 2.54 bits per heavy atom. The third kappa shape index (κ3) is 4.07. The summed E-state index contributed by atoms with van der Waals surface area (Å²) in [7, 11) is 0. The lowest BCUT2D eigenvalue weighted by molar-refractivity contribution is -0.170. The Balaban J connectivity index is 1.48. The molecule has 2 unspecified atom stereocenters. The third-order valence-corrected chi connectivity index (χ3v) is 6.68. The zero-order valence-corrected chi connectivity index (χ0v) is 19.6. The van der Waals surface area contributed by atoms with Crippen LogP contribution in [0.1, 0.15) is 43.3 Å². The molecule has 0 aliphatic carbocycles. The Morgan fingerprint density at radius 1 is 1.20 bits per heavy atom. The van der Waals surface area contributed by atoms with E-state index < -0.39 is 29.1 Å². The van der Waals surface area contributed by atoms with Crippen molar-refractivity contribution in [2.24, 2.45) is 5.73 Å². The van der Waals surface area contributed by atoms with Crippen LogP contribution in [0.5, 0.6) is 0 Å². The van der Waals surface area contributed by atoms with Crippen molar-refractivity contribution < 1.29 is 23.0 Å². The fourth-order valence-corrected chi connectivity index (χ4v) is 4.57. The van der Waals surface area contributed by atoms with Crippen LogP contribution in [-0.2, 0) is 10.7 Å². The number of hydrogen-bond acceptors (Lipinski definition) is 8. The quantitative estimate of drug-likeness (QED) is 0.453. The summed E-state index contributed by atoms with van der Waals surface area (Å²) < 4.78 is 50.3. The number of aliphatic hydroxyl groups is 1. The second-order valence-corrected chi connectivity index (χ2v) is 9.71. The molecule has 3 aliphatic heterocycles. The largest absolute Gasteiger partial charge is 0.384 e. The van der Waals surface area contributed by atoms with Gasteiger partial charge in [0.25, 0.3) is 0 Å². The minimum atomic E-state index is -3.83. The van der Waals surface area contributed by atoms with Gasteiger partial charge in [0.15, 0.2) is 5.82 Å². The molecular formula is C24H27F3N6O2. The molecule has 0 amide bonds. The van der Waals surface area contributed by atoms with Gasteiger partial charge in [-0.15, -0.1) is 5.10 Å². The minimum absolute atomic E-state index is 0.190. The molecule has 6 rings (SSSR count). The number of ether oxygens (including phenoxy) is 1. The molecule has 0 spiro atoms. The zero-order chi connectivity index (χ0) is 25.1. The van der Waals surface area contributed by atoms with Crippen molar-refractivity contribution in [3.63, 3.8) is 0 Å². The lowest BCUT2D eigenvalue weighted by Crippen LogP contribution is -2.57. The van der Waals surface area contributed by atoms with Crippen LogP contribution in [0.25, 0.3) is 10.8 Å². The molecule has 3 aromatic rings. The van der Waals surface area contributed by atoms with Crippen LogP contribution in [0, 0.1) is 12.7 Å². The van der Waals surface area contributed by atoms with Gasteiger partial charge in [-0.05, 0) is 32.9 Å². The van der Waals surface area contributed by atoms with E-state index in [9.17, 15) is 13.9 Å². The number of nitrogens with two attached hydrogens (primary N) is 1. The van der Waals surface area contributed by atoms with Crippen LogP contribution in [-0.4, -0.2) is 51.2 Å². The fraction of sp³-hybridized carbons (Fsp3) is 0.458. The summed E-state index contributed by atoms with van der Waals surface area (Å²) >= 11 is 0. The van der Waals surface area contributed by atoms with Crippen molar-refractivity contribution >= 4 is 22.4 Å². The Bertz CT molecular complexity index is 1270.